The molecule has 1 aliphatic carbocycles. The summed E-state index contributed by atoms with van der Waals surface area (Å²) in [6.45, 7) is 5.67. The van der Waals surface area contributed by atoms with E-state index in [1.807, 2.05) is 0 Å². The van der Waals surface area contributed by atoms with Gasteiger partial charge >= 0.3 is 0 Å². The van der Waals surface area contributed by atoms with Crippen molar-refractivity contribution in [2.75, 3.05) is 19.7 Å². The van der Waals surface area contributed by atoms with Crippen LogP contribution >= 0.6 is 0 Å². The van der Waals surface area contributed by atoms with E-state index in [1.54, 1.807) is 0 Å². The predicted molar refractivity (Wildman–Crippen MR) is 59.7 cm³/mol. The first-order valence-corrected chi connectivity index (χ1v) is 6.43. The summed E-state index contributed by atoms with van der Waals surface area (Å²) in [6, 6.07) is 1.55. The van der Waals surface area contributed by atoms with Crippen LogP contribution in [0.15, 0.2) is 0 Å². The monoisotopic (exact) mass is 210 g/mol. The van der Waals surface area contributed by atoms with E-state index in [4.69, 9.17) is 4.74 Å². The maximum atomic E-state index is 5.99. The van der Waals surface area contributed by atoms with Crippen molar-refractivity contribution in [2.24, 2.45) is 0 Å². The average molecular weight is 210 g/mol. The Morgan fingerprint density at radius 3 is 2.53 bits per heavy atom. The maximum absolute atomic E-state index is 5.99. The third-order valence-corrected chi connectivity index (χ3v) is 4.11. The largest absolute Gasteiger partial charge is 0.360 e. The molecule has 0 radical (unpaired) electrons. The van der Waals surface area contributed by atoms with Gasteiger partial charge < -0.3 is 9.64 Å². The summed E-state index contributed by atoms with van der Waals surface area (Å²) in [6.07, 6.45) is 6.37. The lowest BCUT2D eigenvalue weighted by Crippen LogP contribution is -2.60. The second-order valence-electron chi connectivity index (χ2n) is 5.44. The molecule has 0 bridgehead atoms. The van der Waals surface area contributed by atoms with Gasteiger partial charge in [0.15, 0.2) is 0 Å². The highest BCUT2D eigenvalue weighted by molar-refractivity contribution is 4.94. The summed E-state index contributed by atoms with van der Waals surface area (Å²) in [4.78, 5) is 2.65. The maximum Gasteiger partial charge on any atom is 0.121 e. The molecule has 1 unspecified atom stereocenters. The number of likely N-dealkylation sites (tertiary alicyclic amines) is 1. The smallest absolute Gasteiger partial charge is 0.121 e. The molecule has 0 aromatic rings. The van der Waals surface area contributed by atoms with Crippen LogP contribution in [0.25, 0.3) is 0 Å². The Morgan fingerprint density at radius 2 is 1.93 bits per heavy atom. The van der Waals surface area contributed by atoms with Gasteiger partial charge in [0.05, 0.1) is 6.61 Å². The highest BCUT2D eigenvalue weighted by atomic mass is 16.5. The van der Waals surface area contributed by atoms with Gasteiger partial charge in [0, 0.05) is 38.0 Å². The fraction of sp³-hybridized carbons (Fsp3) is 1.00. The summed E-state index contributed by atoms with van der Waals surface area (Å²) in [5.41, 5.74) is 0.0308. The first-order chi connectivity index (χ1) is 7.27. The highest BCUT2D eigenvalue weighted by Crippen LogP contribution is 2.34. The van der Waals surface area contributed by atoms with Crippen LogP contribution in [-0.4, -0.2) is 42.4 Å². The van der Waals surface area contributed by atoms with Crippen LogP contribution in [0.5, 0.6) is 0 Å². The number of rotatable bonds is 1. The van der Waals surface area contributed by atoms with Gasteiger partial charge in [-0.15, -0.1) is 0 Å². The van der Waals surface area contributed by atoms with Crippen molar-refractivity contribution in [3.05, 3.63) is 0 Å². The number of hydrogen-bond donors (Lipinski definition) is 1. The molecule has 3 heteroatoms. The fourth-order valence-electron chi connectivity index (χ4n) is 2.97. The van der Waals surface area contributed by atoms with E-state index in [-0.39, 0.29) is 5.72 Å². The van der Waals surface area contributed by atoms with Crippen molar-refractivity contribution in [1.82, 2.24) is 10.2 Å². The van der Waals surface area contributed by atoms with Gasteiger partial charge in [-0.05, 0) is 26.2 Å². The molecule has 2 heterocycles. The molecular formula is C12H22N2O. The molecule has 15 heavy (non-hydrogen) atoms. The minimum atomic E-state index is 0.0308. The van der Waals surface area contributed by atoms with Crippen molar-refractivity contribution < 1.29 is 4.74 Å². The van der Waals surface area contributed by atoms with Crippen LogP contribution in [0.2, 0.25) is 0 Å². The number of hydrogen-bond acceptors (Lipinski definition) is 3. The van der Waals surface area contributed by atoms with Crippen LogP contribution < -0.4 is 5.32 Å². The zero-order valence-electron chi connectivity index (χ0n) is 9.67. The SMILES string of the molecule is CC1CCOC2(CCN(C3CC3)CC2)N1. The quantitative estimate of drug-likeness (QED) is 0.707. The second-order valence-corrected chi connectivity index (χ2v) is 5.44. The molecule has 0 aromatic heterocycles. The third kappa shape index (κ3) is 2.05. The lowest BCUT2D eigenvalue weighted by molar-refractivity contribution is -0.138. The molecule has 0 amide bonds. The number of nitrogens with one attached hydrogen (secondary N) is 1. The molecule has 3 rings (SSSR count). The van der Waals surface area contributed by atoms with Gasteiger partial charge in [-0.2, -0.15) is 0 Å². The van der Waals surface area contributed by atoms with Gasteiger partial charge in [0.1, 0.15) is 5.72 Å². The predicted octanol–water partition coefficient (Wildman–Crippen LogP) is 1.34. The minimum Gasteiger partial charge on any atom is -0.360 e. The molecule has 3 aliphatic rings. The molecular weight excluding hydrogens is 188 g/mol. The topological polar surface area (TPSA) is 24.5 Å². The molecule has 1 N–H and O–H groups in total. The Kier molecular flexibility index (Phi) is 2.49. The molecule has 3 fully saturated rings. The van der Waals surface area contributed by atoms with Gasteiger partial charge in [0.25, 0.3) is 0 Å². The van der Waals surface area contributed by atoms with Crippen molar-refractivity contribution in [3.63, 3.8) is 0 Å². The summed E-state index contributed by atoms with van der Waals surface area (Å²) in [7, 11) is 0. The van der Waals surface area contributed by atoms with E-state index in [9.17, 15) is 0 Å². The van der Waals surface area contributed by atoms with Crippen LogP contribution in [0.3, 0.4) is 0 Å². The van der Waals surface area contributed by atoms with Crippen LogP contribution in [0.4, 0.5) is 0 Å². The van der Waals surface area contributed by atoms with E-state index in [0.29, 0.717) is 6.04 Å². The van der Waals surface area contributed by atoms with Crippen molar-refractivity contribution in [2.45, 2.75) is 56.8 Å². The Hall–Kier alpha value is -0.120. The summed E-state index contributed by atoms with van der Waals surface area (Å²) < 4.78 is 5.99. The van der Waals surface area contributed by atoms with Crippen molar-refractivity contribution in [1.29, 1.82) is 0 Å². The lowest BCUT2D eigenvalue weighted by Gasteiger charge is -2.46. The van der Waals surface area contributed by atoms with Gasteiger partial charge in [0.2, 0.25) is 0 Å². The number of nitrogens with zero attached hydrogens (tertiary/aromatic N) is 1. The lowest BCUT2D eigenvalue weighted by atomic mass is 9.96. The zero-order valence-corrected chi connectivity index (χ0v) is 9.67. The molecule has 2 saturated heterocycles. The molecule has 1 spiro atoms. The first-order valence-electron chi connectivity index (χ1n) is 6.43. The Labute approximate surface area is 92.2 Å². The van der Waals surface area contributed by atoms with Crippen LogP contribution in [0.1, 0.15) is 39.0 Å². The average Bonchev–Trinajstić information content (AvgIpc) is 3.02. The van der Waals surface area contributed by atoms with Crippen molar-refractivity contribution >= 4 is 0 Å². The van der Waals surface area contributed by atoms with Crippen LogP contribution in [0, 0.1) is 0 Å². The zero-order chi connectivity index (χ0) is 10.3. The first kappa shape index (κ1) is 10.1. The Bertz CT molecular complexity index is 232. The molecule has 0 aromatic carbocycles. The molecule has 1 saturated carbocycles. The van der Waals surface area contributed by atoms with E-state index >= 15 is 0 Å². The Balaban J connectivity index is 1.58. The normalized spacial score (nSPS) is 37.0. The van der Waals surface area contributed by atoms with Gasteiger partial charge in [-0.3, -0.25) is 5.32 Å². The molecule has 1 atom stereocenters. The van der Waals surface area contributed by atoms with E-state index in [1.165, 1.54) is 38.8 Å². The van der Waals surface area contributed by atoms with Gasteiger partial charge in [-0.1, -0.05) is 0 Å². The number of ether oxygens (including phenoxy) is 1. The molecule has 2 aliphatic heterocycles. The Morgan fingerprint density at radius 1 is 1.20 bits per heavy atom. The highest BCUT2D eigenvalue weighted by Gasteiger charge is 2.41. The van der Waals surface area contributed by atoms with E-state index < -0.39 is 0 Å². The van der Waals surface area contributed by atoms with E-state index in [0.717, 1.165) is 19.1 Å². The minimum absolute atomic E-state index is 0.0308. The fourth-order valence-corrected chi connectivity index (χ4v) is 2.97. The summed E-state index contributed by atoms with van der Waals surface area (Å²) in [5, 5.41) is 3.66. The van der Waals surface area contributed by atoms with E-state index in [2.05, 4.69) is 17.1 Å². The third-order valence-electron chi connectivity index (χ3n) is 4.11. The molecule has 86 valence electrons. The summed E-state index contributed by atoms with van der Waals surface area (Å²) in [5.74, 6) is 0. The van der Waals surface area contributed by atoms with Crippen molar-refractivity contribution in [3.8, 4) is 0 Å². The standard InChI is InChI=1S/C12H22N2O/c1-10-4-9-15-12(13-10)5-7-14(8-6-12)11-2-3-11/h10-11,13H,2-9H2,1H3. The van der Waals surface area contributed by atoms with Crippen LogP contribution in [-0.2, 0) is 4.74 Å². The number of piperidine rings is 1. The van der Waals surface area contributed by atoms with Gasteiger partial charge in [-0.25, -0.2) is 0 Å². The second kappa shape index (κ2) is 3.72. The summed E-state index contributed by atoms with van der Waals surface area (Å²) >= 11 is 0. The molecule has 3 nitrogen and oxygen atoms in total.